The quantitative estimate of drug-likeness (QED) is 0.628. The van der Waals surface area contributed by atoms with Crippen LogP contribution in [-0.2, 0) is 21.4 Å². The van der Waals surface area contributed by atoms with E-state index < -0.39 is 10.0 Å². The van der Waals surface area contributed by atoms with E-state index in [4.69, 9.17) is 16.3 Å². The van der Waals surface area contributed by atoms with Gasteiger partial charge >= 0.3 is 0 Å². The minimum absolute atomic E-state index is 0.00588. The molecule has 1 amide bonds. The molecule has 3 rings (SSSR count). The Balaban J connectivity index is 1.44. The van der Waals surface area contributed by atoms with Gasteiger partial charge in [0.2, 0.25) is 21.8 Å². The van der Waals surface area contributed by atoms with Crippen molar-refractivity contribution in [2.75, 3.05) is 6.54 Å². The highest BCUT2D eigenvalue weighted by atomic mass is 35.5. The van der Waals surface area contributed by atoms with E-state index in [1.165, 1.54) is 25.0 Å². The number of hydrogen-bond acceptors (Lipinski definition) is 5. The summed E-state index contributed by atoms with van der Waals surface area (Å²) in [4.78, 5) is 16.3. The van der Waals surface area contributed by atoms with E-state index in [2.05, 4.69) is 15.0 Å². The van der Waals surface area contributed by atoms with Gasteiger partial charge in [0, 0.05) is 31.8 Å². The average molecular weight is 438 g/mol. The number of ether oxygens (including phenoxy) is 1. The molecule has 0 bridgehead atoms. The molecule has 1 aromatic carbocycles. The Morgan fingerprint density at radius 2 is 1.97 bits per heavy atom. The maximum Gasteiger partial charge on any atom is 0.242 e. The fourth-order valence-electron chi connectivity index (χ4n) is 3.13. The number of aromatic nitrogens is 1. The van der Waals surface area contributed by atoms with Crippen molar-refractivity contribution in [1.82, 2.24) is 15.0 Å². The van der Waals surface area contributed by atoms with Crippen LogP contribution in [0.3, 0.4) is 0 Å². The van der Waals surface area contributed by atoms with Crippen LogP contribution in [0.15, 0.2) is 47.5 Å². The summed E-state index contributed by atoms with van der Waals surface area (Å²) in [6.45, 7) is 0.297. The van der Waals surface area contributed by atoms with Gasteiger partial charge in [0.25, 0.3) is 0 Å². The zero-order valence-corrected chi connectivity index (χ0v) is 17.5. The van der Waals surface area contributed by atoms with E-state index in [9.17, 15) is 13.2 Å². The molecule has 29 heavy (non-hydrogen) atoms. The first-order chi connectivity index (χ1) is 13.9. The van der Waals surface area contributed by atoms with E-state index in [0.29, 0.717) is 12.4 Å². The van der Waals surface area contributed by atoms with Gasteiger partial charge in [-0.05, 0) is 49.4 Å². The summed E-state index contributed by atoms with van der Waals surface area (Å²) >= 11 is 5.92. The van der Waals surface area contributed by atoms with Crippen molar-refractivity contribution in [2.24, 2.45) is 0 Å². The maximum absolute atomic E-state index is 12.2. The van der Waals surface area contributed by atoms with E-state index in [0.717, 1.165) is 18.4 Å². The van der Waals surface area contributed by atoms with Crippen LogP contribution >= 0.6 is 11.6 Å². The molecule has 7 nitrogen and oxygen atoms in total. The predicted molar refractivity (Wildman–Crippen MR) is 110 cm³/mol. The van der Waals surface area contributed by atoms with Crippen molar-refractivity contribution >= 4 is 27.5 Å². The van der Waals surface area contributed by atoms with Gasteiger partial charge < -0.3 is 10.1 Å². The summed E-state index contributed by atoms with van der Waals surface area (Å²) in [6, 6.07) is 9.78. The zero-order chi connectivity index (χ0) is 20.7. The van der Waals surface area contributed by atoms with Crippen LogP contribution in [0.4, 0.5) is 0 Å². The Morgan fingerprint density at radius 3 is 2.72 bits per heavy atom. The highest BCUT2D eigenvalue weighted by Crippen LogP contribution is 2.23. The largest absolute Gasteiger partial charge is 0.474 e. The first-order valence-electron chi connectivity index (χ1n) is 9.56. The third-order valence-electron chi connectivity index (χ3n) is 4.65. The minimum atomic E-state index is -3.76. The molecule has 9 heteroatoms. The predicted octanol–water partition coefficient (Wildman–Crippen LogP) is 3.04. The number of carbonyl (C=O) groups excluding carboxylic acids is 1. The van der Waals surface area contributed by atoms with Gasteiger partial charge in [0.05, 0.1) is 5.02 Å². The molecule has 1 fully saturated rings. The van der Waals surface area contributed by atoms with Crippen LogP contribution in [-0.4, -0.2) is 32.0 Å². The fourth-order valence-corrected chi connectivity index (χ4v) is 4.68. The Morgan fingerprint density at radius 1 is 1.21 bits per heavy atom. The van der Waals surface area contributed by atoms with Gasteiger partial charge in [-0.2, -0.15) is 0 Å². The number of nitrogens with zero attached hydrogens (tertiary/aromatic N) is 1. The van der Waals surface area contributed by atoms with Crippen LogP contribution in [0.5, 0.6) is 5.88 Å². The normalized spacial score (nSPS) is 14.7. The number of halogens is 1. The third kappa shape index (κ3) is 6.42. The van der Waals surface area contributed by atoms with E-state index in [-0.39, 0.29) is 34.9 Å². The number of pyridine rings is 1. The highest BCUT2D eigenvalue weighted by molar-refractivity contribution is 7.89. The molecule has 2 aromatic rings. The van der Waals surface area contributed by atoms with Crippen molar-refractivity contribution < 1.29 is 17.9 Å². The number of carbonyl (C=O) groups is 1. The van der Waals surface area contributed by atoms with Gasteiger partial charge in [-0.1, -0.05) is 23.7 Å². The second kappa shape index (κ2) is 10.0. The van der Waals surface area contributed by atoms with Crippen LogP contribution in [0, 0.1) is 0 Å². The van der Waals surface area contributed by atoms with E-state index in [1.807, 2.05) is 12.1 Å². The minimum Gasteiger partial charge on any atom is -0.474 e. The number of benzene rings is 1. The second-order valence-electron chi connectivity index (χ2n) is 6.88. The van der Waals surface area contributed by atoms with Crippen LogP contribution in [0.1, 0.15) is 37.7 Å². The van der Waals surface area contributed by atoms with Crippen molar-refractivity contribution in [3.63, 3.8) is 0 Å². The van der Waals surface area contributed by atoms with Gasteiger partial charge in [0.15, 0.2) is 0 Å². The maximum atomic E-state index is 12.2. The standard InChI is InChI=1S/C20H24ClN3O4S/c21-17-7-3-4-8-18(17)29(26,27)24-12-10-19(25)23-14-15-9-11-22-20(13-15)28-16-5-1-2-6-16/h3-4,7-9,11,13,16,24H,1-2,5-6,10,12,14H2,(H,23,25). The average Bonchev–Trinajstić information content (AvgIpc) is 3.20. The fraction of sp³-hybridized carbons (Fsp3) is 0.400. The van der Waals surface area contributed by atoms with Gasteiger partial charge in [-0.3, -0.25) is 4.79 Å². The Hall–Kier alpha value is -2.16. The molecule has 0 unspecified atom stereocenters. The summed E-state index contributed by atoms with van der Waals surface area (Å²) in [7, 11) is -3.76. The topological polar surface area (TPSA) is 97.4 Å². The lowest BCUT2D eigenvalue weighted by Gasteiger charge is -2.13. The molecule has 1 aromatic heterocycles. The molecular formula is C20H24ClN3O4S. The second-order valence-corrected chi connectivity index (χ2v) is 9.02. The van der Waals surface area contributed by atoms with E-state index >= 15 is 0 Å². The Labute approximate surface area is 175 Å². The van der Waals surface area contributed by atoms with Crippen LogP contribution in [0.25, 0.3) is 0 Å². The Kier molecular flexibility index (Phi) is 7.46. The van der Waals surface area contributed by atoms with Crippen molar-refractivity contribution in [3.8, 4) is 5.88 Å². The monoisotopic (exact) mass is 437 g/mol. The van der Waals surface area contributed by atoms with E-state index in [1.54, 1.807) is 18.3 Å². The van der Waals surface area contributed by atoms with Crippen molar-refractivity contribution in [2.45, 2.75) is 49.6 Å². The van der Waals surface area contributed by atoms with Crippen LogP contribution < -0.4 is 14.8 Å². The lowest BCUT2D eigenvalue weighted by atomic mass is 10.2. The summed E-state index contributed by atoms with van der Waals surface area (Å²) in [6.07, 6.45) is 6.35. The lowest BCUT2D eigenvalue weighted by molar-refractivity contribution is -0.121. The third-order valence-corrected chi connectivity index (χ3v) is 6.61. The Bertz CT molecular complexity index is 946. The molecule has 0 atom stereocenters. The van der Waals surface area contributed by atoms with Gasteiger partial charge in [0.1, 0.15) is 11.0 Å². The smallest absolute Gasteiger partial charge is 0.242 e. The summed E-state index contributed by atoms with van der Waals surface area (Å²) in [5.74, 6) is 0.304. The summed E-state index contributed by atoms with van der Waals surface area (Å²) in [5, 5.41) is 2.91. The van der Waals surface area contributed by atoms with Gasteiger partial charge in [-0.15, -0.1) is 0 Å². The highest BCUT2D eigenvalue weighted by Gasteiger charge is 2.18. The molecule has 156 valence electrons. The SMILES string of the molecule is O=C(CCNS(=O)(=O)c1ccccc1Cl)NCc1ccnc(OC2CCCC2)c1. The number of amides is 1. The molecule has 1 aliphatic rings. The molecule has 1 heterocycles. The number of rotatable bonds is 9. The molecule has 0 aliphatic heterocycles. The lowest BCUT2D eigenvalue weighted by Crippen LogP contribution is -2.30. The number of sulfonamides is 1. The molecule has 0 spiro atoms. The van der Waals surface area contributed by atoms with Crippen molar-refractivity contribution in [1.29, 1.82) is 0 Å². The van der Waals surface area contributed by atoms with Crippen molar-refractivity contribution in [3.05, 3.63) is 53.2 Å². The number of hydrogen-bond donors (Lipinski definition) is 2. The first kappa shape index (κ1) is 21.5. The summed E-state index contributed by atoms with van der Waals surface area (Å²) in [5.41, 5.74) is 0.873. The molecule has 0 saturated heterocycles. The first-order valence-corrected chi connectivity index (χ1v) is 11.4. The zero-order valence-electron chi connectivity index (χ0n) is 15.9. The summed E-state index contributed by atoms with van der Waals surface area (Å²) < 4.78 is 32.7. The molecule has 1 aliphatic carbocycles. The molecule has 1 saturated carbocycles. The molecule has 0 radical (unpaired) electrons. The molecular weight excluding hydrogens is 414 g/mol. The van der Waals surface area contributed by atoms with Crippen LogP contribution in [0.2, 0.25) is 5.02 Å². The number of nitrogens with one attached hydrogen (secondary N) is 2. The molecule has 2 N–H and O–H groups in total. The van der Waals surface area contributed by atoms with Gasteiger partial charge in [-0.25, -0.2) is 18.1 Å².